The summed E-state index contributed by atoms with van der Waals surface area (Å²) >= 11 is 0. The third-order valence-corrected chi connectivity index (χ3v) is 3.02. The molecule has 8 heteroatoms. The summed E-state index contributed by atoms with van der Waals surface area (Å²) in [6, 6.07) is -0.304. The maximum Gasteiger partial charge on any atom is 0.317 e. The van der Waals surface area contributed by atoms with Gasteiger partial charge in [0.2, 0.25) is 5.89 Å². The summed E-state index contributed by atoms with van der Waals surface area (Å²) < 4.78 is 4.87. The lowest BCUT2D eigenvalue weighted by atomic mass is 9.99. The van der Waals surface area contributed by atoms with Crippen molar-refractivity contribution in [1.29, 1.82) is 0 Å². The van der Waals surface area contributed by atoms with Crippen molar-refractivity contribution in [3.8, 4) is 0 Å². The molecule has 8 nitrogen and oxygen atoms in total. The molecule has 0 saturated carbocycles. The molecule has 0 radical (unpaired) electrons. The molecule has 1 saturated heterocycles. The van der Waals surface area contributed by atoms with Crippen LogP contribution in [0.2, 0.25) is 0 Å². The van der Waals surface area contributed by atoms with Gasteiger partial charge in [-0.15, -0.1) is 0 Å². The fourth-order valence-electron chi connectivity index (χ4n) is 2.04. The number of nitrogens with zero attached hydrogens (tertiary/aromatic N) is 3. The predicted molar refractivity (Wildman–Crippen MR) is 63.2 cm³/mol. The Hall–Kier alpha value is -2.12. The van der Waals surface area contributed by atoms with Gasteiger partial charge in [-0.2, -0.15) is 4.98 Å². The van der Waals surface area contributed by atoms with Crippen LogP contribution in [0.5, 0.6) is 0 Å². The number of aromatic nitrogens is 2. The highest BCUT2D eigenvalue weighted by molar-refractivity contribution is 5.76. The molecule has 0 aliphatic carbocycles. The first-order valence-corrected chi connectivity index (χ1v) is 6.11. The van der Waals surface area contributed by atoms with Gasteiger partial charge >= 0.3 is 12.0 Å². The van der Waals surface area contributed by atoms with Crippen LogP contribution < -0.4 is 5.32 Å². The van der Waals surface area contributed by atoms with E-state index >= 15 is 0 Å². The Bertz CT molecular complexity index is 473. The number of likely N-dealkylation sites (tertiary alicyclic amines) is 1. The number of hydrogen-bond donors (Lipinski definition) is 2. The minimum absolute atomic E-state index is 0.147. The average molecular weight is 268 g/mol. The van der Waals surface area contributed by atoms with Crippen LogP contribution in [0, 0.1) is 12.8 Å². The molecule has 0 bridgehead atoms. The van der Waals surface area contributed by atoms with E-state index in [0.29, 0.717) is 31.1 Å². The first-order chi connectivity index (χ1) is 9.06. The number of aliphatic carboxylic acids is 1. The number of urea groups is 1. The van der Waals surface area contributed by atoms with Crippen LogP contribution in [-0.4, -0.2) is 45.2 Å². The summed E-state index contributed by atoms with van der Waals surface area (Å²) in [7, 11) is 0. The molecule has 2 rings (SSSR count). The maximum atomic E-state index is 11.9. The Labute approximate surface area is 109 Å². The molecule has 1 atom stereocenters. The molecule has 1 aromatic heterocycles. The largest absolute Gasteiger partial charge is 0.481 e. The monoisotopic (exact) mass is 268 g/mol. The van der Waals surface area contributed by atoms with E-state index in [1.807, 2.05) is 0 Å². The highest BCUT2D eigenvalue weighted by Crippen LogP contribution is 2.16. The third kappa shape index (κ3) is 3.43. The molecular weight excluding hydrogens is 252 g/mol. The van der Waals surface area contributed by atoms with Crippen molar-refractivity contribution in [1.82, 2.24) is 20.4 Å². The summed E-state index contributed by atoms with van der Waals surface area (Å²) in [6.45, 7) is 2.65. The van der Waals surface area contributed by atoms with E-state index in [9.17, 15) is 9.59 Å². The Kier molecular flexibility index (Phi) is 3.98. The van der Waals surface area contributed by atoms with Gasteiger partial charge in [-0.1, -0.05) is 5.16 Å². The molecule has 1 aromatic rings. The van der Waals surface area contributed by atoms with Crippen LogP contribution in [0.15, 0.2) is 4.52 Å². The van der Waals surface area contributed by atoms with E-state index in [4.69, 9.17) is 9.63 Å². The smallest absolute Gasteiger partial charge is 0.317 e. The van der Waals surface area contributed by atoms with Gasteiger partial charge in [0.05, 0.1) is 12.5 Å². The second kappa shape index (κ2) is 5.68. The zero-order valence-corrected chi connectivity index (χ0v) is 10.6. The van der Waals surface area contributed by atoms with Crippen molar-refractivity contribution in [3.05, 3.63) is 11.7 Å². The summed E-state index contributed by atoms with van der Waals surface area (Å²) in [5.41, 5.74) is 0. The van der Waals surface area contributed by atoms with Crippen molar-refractivity contribution < 1.29 is 19.2 Å². The molecule has 1 aliphatic rings. The molecule has 0 spiro atoms. The van der Waals surface area contributed by atoms with Crippen molar-refractivity contribution in [2.45, 2.75) is 26.3 Å². The summed E-state index contributed by atoms with van der Waals surface area (Å²) in [5, 5.41) is 15.2. The number of rotatable bonds is 3. The van der Waals surface area contributed by atoms with Gasteiger partial charge in [-0.25, -0.2) is 4.79 Å². The van der Waals surface area contributed by atoms with Gasteiger partial charge in [-0.05, 0) is 19.8 Å². The summed E-state index contributed by atoms with van der Waals surface area (Å²) in [6.07, 6.45) is 1.31. The molecule has 2 N–H and O–H groups in total. The standard InChI is InChI=1S/C11H16N4O4/c1-7-13-9(19-14-7)5-12-11(18)15-4-2-3-8(6-15)10(16)17/h8H,2-6H2,1H3,(H,12,18)(H,16,17)/t8-/m1/s1. The first-order valence-electron chi connectivity index (χ1n) is 6.11. The van der Waals surface area contributed by atoms with Gasteiger partial charge in [-0.3, -0.25) is 4.79 Å². The summed E-state index contributed by atoms with van der Waals surface area (Å²) in [5.74, 6) is -0.499. The fraction of sp³-hybridized carbons (Fsp3) is 0.636. The van der Waals surface area contributed by atoms with Crippen molar-refractivity contribution in [2.75, 3.05) is 13.1 Å². The second-order valence-corrected chi connectivity index (χ2v) is 4.52. The minimum Gasteiger partial charge on any atom is -0.481 e. The van der Waals surface area contributed by atoms with Crippen LogP contribution in [0.4, 0.5) is 4.79 Å². The second-order valence-electron chi connectivity index (χ2n) is 4.52. The molecule has 0 aromatic carbocycles. The number of piperidine rings is 1. The third-order valence-electron chi connectivity index (χ3n) is 3.02. The highest BCUT2D eigenvalue weighted by atomic mass is 16.5. The van der Waals surface area contributed by atoms with Crippen LogP contribution in [0.25, 0.3) is 0 Å². The number of nitrogens with one attached hydrogen (secondary N) is 1. The minimum atomic E-state index is -0.856. The van der Waals surface area contributed by atoms with E-state index in [2.05, 4.69) is 15.5 Å². The van der Waals surface area contributed by atoms with Gasteiger partial charge in [0, 0.05) is 13.1 Å². The topological polar surface area (TPSA) is 109 Å². The number of carboxylic acids is 1. The van der Waals surface area contributed by atoms with Gasteiger partial charge in [0.15, 0.2) is 5.82 Å². The predicted octanol–water partition coefficient (Wildman–Crippen LogP) is 0.384. The fourth-order valence-corrected chi connectivity index (χ4v) is 2.04. The zero-order chi connectivity index (χ0) is 13.8. The van der Waals surface area contributed by atoms with E-state index in [1.54, 1.807) is 6.92 Å². The highest BCUT2D eigenvalue weighted by Gasteiger charge is 2.28. The van der Waals surface area contributed by atoms with Crippen molar-refractivity contribution >= 4 is 12.0 Å². The molecule has 1 fully saturated rings. The zero-order valence-electron chi connectivity index (χ0n) is 10.6. The first kappa shape index (κ1) is 13.3. The lowest BCUT2D eigenvalue weighted by Gasteiger charge is -2.30. The van der Waals surface area contributed by atoms with Crippen LogP contribution in [-0.2, 0) is 11.3 Å². The quantitative estimate of drug-likeness (QED) is 0.820. The average Bonchev–Trinajstić information content (AvgIpc) is 2.82. The Morgan fingerprint density at radius 1 is 1.58 bits per heavy atom. The Morgan fingerprint density at radius 2 is 2.37 bits per heavy atom. The van der Waals surface area contributed by atoms with E-state index in [0.717, 1.165) is 0 Å². The van der Waals surface area contributed by atoms with Crippen LogP contribution in [0.1, 0.15) is 24.6 Å². The normalized spacial score (nSPS) is 19.2. The van der Waals surface area contributed by atoms with E-state index in [-0.39, 0.29) is 19.1 Å². The molecule has 19 heavy (non-hydrogen) atoms. The molecule has 2 amide bonds. The maximum absolute atomic E-state index is 11.9. The van der Waals surface area contributed by atoms with Gasteiger partial charge in [0.1, 0.15) is 0 Å². The lowest BCUT2D eigenvalue weighted by Crippen LogP contribution is -2.46. The number of carboxylic acid groups (broad SMARTS) is 1. The SMILES string of the molecule is Cc1noc(CNC(=O)N2CCC[C@@H](C(=O)O)C2)n1. The number of hydrogen-bond acceptors (Lipinski definition) is 5. The summed E-state index contributed by atoms with van der Waals surface area (Å²) in [4.78, 5) is 28.3. The van der Waals surface area contributed by atoms with Crippen molar-refractivity contribution in [3.63, 3.8) is 0 Å². The van der Waals surface area contributed by atoms with E-state index < -0.39 is 11.9 Å². The number of amides is 2. The lowest BCUT2D eigenvalue weighted by molar-refractivity contribution is -0.143. The molecule has 1 aliphatic heterocycles. The molecule has 104 valence electrons. The number of carbonyl (C=O) groups excluding carboxylic acids is 1. The Balaban J connectivity index is 1.84. The van der Waals surface area contributed by atoms with E-state index in [1.165, 1.54) is 4.90 Å². The molecular formula is C11H16N4O4. The molecule has 2 heterocycles. The van der Waals surface area contributed by atoms with Crippen LogP contribution in [0.3, 0.4) is 0 Å². The van der Waals surface area contributed by atoms with Gasteiger partial charge < -0.3 is 19.8 Å². The molecule has 0 unspecified atom stereocenters. The van der Waals surface area contributed by atoms with Crippen molar-refractivity contribution in [2.24, 2.45) is 5.92 Å². The van der Waals surface area contributed by atoms with Crippen LogP contribution >= 0.6 is 0 Å². The van der Waals surface area contributed by atoms with Gasteiger partial charge in [0.25, 0.3) is 0 Å². The Morgan fingerprint density at radius 3 is 3.00 bits per heavy atom. The number of carbonyl (C=O) groups is 2. The number of aryl methyl sites for hydroxylation is 1.